The monoisotopic (exact) mass is 335 g/mol. The average molecular weight is 336 g/mol. The van der Waals surface area contributed by atoms with Gasteiger partial charge in [0.15, 0.2) is 0 Å². The highest BCUT2D eigenvalue weighted by atomic mass is 127. The van der Waals surface area contributed by atoms with Gasteiger partial charge in [-0.3, -0.25) is 4.79 Å². The Morgan fingerprint density at radius 1 is 1.53 bits per heavy atom. The first-order valence-corrected chi connectivity index (χ1v) is 6.30. The first-order chi connectivity index (χ1) is 7.08. The van der Waals surface area contributed by atoms with E-state index in [0.717, 1.165) is 22.0 Å². The number of halogens is 2. The molecule has 2 rings (SSSR count). The number of amides is 1. The zero-order valence-electron chi connectivity index (χ0n) is 8.31. The summed E-state index contributed by atoms with van der Waals surface area (Å²) in [4.78, 5) is 11.7. The molecule has 0 unspecified atom stereocenters. The normalized spacial score (nSPS) is 15.1. The zero-order chi connectivity index (χ0) is 11.0. The Balaban J connectivity index is 2.23. The fourth-order valence-corrected chi connectivity index (χ4v) is 2.28. The number of hydrogen-bond donors (Lipinski definition) is 1. The maximum Gasteiger partial charge on any atom is 0.251 e. The van der Waals surface area contributed by atoms with E-state index in [1.165, 1.54) is 0 Å². The van der Waals surface area contributed by atoms with Crippen LogP contribution in [0.2, 0.25) is 5.02 Å². The van der Waals surface area contributed by atoms with Crippen LogP contribution in [0.25, 0.3) is 0 Å². The molecule has 1 aromatic carbocycles. The Bertz CT molecular complexity index is 392. The van der Waals surface area contributed by atoms with Crippen molar-refractivity contribution in [1.82, 2.24) is 5.32 Å². The number of hydrogen-bond acceptors (Lipinski definition) is 1. The Hall–Kier alpha value is -0.290. The van der Waals surface area contributed by atoms with Crippen LogP contribution in [0.4, 0.5) is 0 Å². The van der Waals surface area contributed by atoms with Crippen molar-refractivity contribution in [3.05, 3.63) is 31.9 Å². The van der Waals surface area contributed by atoms with E-state index in [0.29, 0.717) is 16.6 Å². The van der Waals surface area contributed by atoms with Gasteiger partial charge in [0.25, 0.3) is 5.91 Å². The number of carbonyl (C=O) groups excluding carboxylic acids is 1. The molecule has 1 amide bonds. The average Bonchev–Trinajstić information content (AvgIpc) is 2.97. The van der Waals surface area contributed by atoms with Gasteiger partial charge in [-0.05, 0) is 60.1 Å². The second-order valence-corrected chi connectivity index (χ2v) is 5.38. The van der Waals surface area contributed by atoms with E-state index in [9.17, 15) is 4.79 Å². The van der Waals surface area contributed by atoms with Gasteiger partial charge in [-0.15, -0.1) is 0 Å². The van der Waals surface area contributed by atoms with Gasteiger partial charge in [0.1, 0.15) is 0 Å². The Morgan fingerprint density at radius 2 is 2.20 bits per heavy atom. The SMILES string of the molecule is Cc1c(Cl)cc(C(=O)NC2CC2)cc1I. The smallest absolute Gasteiger partial charge is 0.251 e. The van der Waals surface area contributed by atoms with Gasteiger partial charge in [0.05, 0.1) is 0 Å². The standard InChI is InChI=1S/C11H11ClINO/c1-6-9(12)4-7(5-10(6)13)11(15)14-8-2-3-8/h4-5,8H,2-3H2,1H3,(H,14,15). The Kier molecular flexibility index (Phi) is 3.21. The molecular weight excluding hydrogens is 324 g/mol. The lowest BCUT2D eigenvalue weighted by molar-refractivity contribution is 0.0951. The highest BCUT2D eigenvalue weighted by Gasteiger charge is 2.24. The fraction of sp³-hybridized carbons (Fsp3) is 0.364. The van der Waals surface area contributed by atoms with Gasteiger partial charge in [0, 0.05) is 20.2 Å². The first kappa shape index (κ1) is 11.2. The second kappa shape index (κ2) is 4.29. The first-order valence-electron chi connectivity index (χ1n) is 4.84. The Labute approximate surface area is 108 Å². The molecule has 1 saturated carbocycles. The summed E-state index contributed by atoms with van der Waals surface area (Å²) in [5.74, 6) is -0.0164. The lowest BCUT2D eigenvalue weighted by Crippen LogP contribution is -2.25. The number of nitrogens with one attached hydrogen (secondary N) is 1. The third-order valence-corrected chi connectivity index (χ3v) is 3.97. The molecule has 1 fully saturated rings. The largest absolute Gasteiger partial charge is 0.349 e. The maximum atomic E-state index is 11.7. The molecule has 80 valence electrons. The quantitative estimate of drug-likeness (QED) is 0.827. The molecule has 0 radical (unpaired) electrons. The molecule has 0 aromatic heterocycles. The van der Waals surface area contributed by atoms with E-state index in [2.05, 4.69) is 27.9 Å². The lowest BCUT2D eigenvalue weighted by atomic mass is 10.1. The van der Waals surface area contributed by atoms with Crippen LogP contribution < -0.4 is 5.32 Å². The number of carbonyl (C=O) groups is 1. The maximum absolute atomic E-state index is 11.7. The molecule has 0 spiro atoms. The summed E-state index contributed by atoms with van der Waals surface area (Å²) in [5.41, 5.74) is 1.68. The summed E-state index contributed by atoms with van der Waals surface area (Å²) in [6, 6.07) is 3.99. The molecule has 1 aliphatic rings. The fourth-order valence-electron chi connectivity index (χ4n) is 1.27. The molecule has 0 heterocycles. The van der Waals surface area contributed by atoms with Gasteiger partial charge in [0.2, 0.25) is 0 Å². The van der Waals surface area contributed by atoms with Crippen LogP contribution in [-0.2, 0) is 0 Å². The van der Waals surface area contributed by atoms with Crippen LogP contribution >= 0.6 is 34.2 Å². The van der Waals surface area contributed by atoms with Crippen molar-refractivity contribution < 1.29 is 4.79 Å². The van der Waals surface area contributed by atoms with E-state index in [1.807, 2.05) is 13.0 Å². The van der Waals surface area contributed by atoms with Crippen LogP contribution in [-0.4, -0.2) is 11.9 Å². The van der Waals surface area contributed by atoms with Crippen molar-refractivity contribution in [2.45, 2.75) is 25.8 Å². The van der Waals surface area contributed by atoms with Crippen molar-refractivity contribution >= 4 is 40.1 Å². The lowest BCUT2D eigenvalue weighted by Gasteiger charge is -2.07. The molecular formula is C11H11ClINO. The van der Waals surface area contributed by atoms with Crippen LogP contribution in [0.5, 0.6) is 0 Å². The van der Waals surface area contributed by atoms with Gasteiger partial charge in [-0.2, -0.15) is 0 Å². The van der Waals surface area contributed by atoms with Crippen molar-refractivity contribution in [1.29, 1.82) is 0 Å². The van der Waals surface area contributed by atoms with Crippen LogP contribution in [0, 0.1) is 10.5 Å². The number of benzene rings is 1. The molecule has 0 bridgehead atoms. The van der Waals surface area contributed by atoms with Crippen LogP contribution in [0.3, 0.4) is 0 Å². The molecule has 0 saturated heterocycles. The highest BCUT2D eigenvalue weighted by Crippen LogP contribution is 2.24. The van der Waals surface area contributed by atoms with Crippen LogP contribution in [0.1, 0.15) is 28.8 Å². The van der Waals surface area contributed by atoms with Gasteiger partial charge < -0.3 is 5.32 Å². The molecule has 1 aliphatic carbocycles. The van der Waals surface area contributed by atoms with Crippen molar-refractivity contribution in [3.63, 3.8) is 0 Å². The summed E-state index contributed by atoms with van der Waals surface area (Å²) in [6.07, 6.45) is 2.20. The number of rotatable bonds is 2. The molecule has 0 atom stereocenters. The minimum atomic E-state index is -0.0164. The second-order valence-electron chi connectivity index (χ2n) is 3.81. The topological polar surface area (TPSA) is 29.1 Å². The summed E-state index contributed by atoms with van der Waals surface area (Å²) in [7, 11) is 0. The Morgan fingerprint density at radius 3 is 2.73 bits per heavy atom. The summed E-state index contributed by atoms with van der Waals surface area (Å²) >= 11 is 8.22. The van der Waals surface area contributed by atoms with Crippen LogP contribution in [0.15, 0.2) is 12.1 Å². The predicted octanol–water partition coefficient (Wildman–Crippen LogP) is 3.15. The van der Waals surface area contributed by atoms with E-state index in [-0.39, 0.29) is 5.91 Å². The van der Waals surface area contributed by atoms with E-state index in [4.69, 9.17) is 11.6 Å². The molecule has 4 heteroatoms. The van der Waals surface area contributed by atoms with Crippen molar-refractivity contribution in [3.8, 4) is 0 Å². The van der Waals surface area contributed by atoms with Crippen molar-refractivity contribution in [2.75, 3.05) is 0 Å². The molecule has 0 aliphatic heterocycles. The third-order valence-electron chi connectivity index (χ3n) is 2.46. The summed E-state index contributed by atoms with van der Waals surface area (Å²) in [6.45, 7) is 1.95. The highest BCUT2D eigenvalue weighted by molar-refractivity contribution is 14.1. The summed E-state index contributed by atoms with van der Waals surface area (Å²) in [5, 5.41) is 3.60. The van der Waals surface area contributed by atoms with E-state index in [1.54, 1.807) is 6.07 Å². The molecule has 1 N–H and O–H groups in total. The summed E-state index contributed by atoms with van der Waals surface area (Å²) < 4.78 is 1.03. The van der Waals surface area contributed by atoms with Gasteiger partial charge in [-0.25, -0.2) is 0 Å². The minimum absolute atomic E-state index is 0.0164. The van der Waals surface area contributed by atoms with Crippen molar-refractivity contribution in [2.24, 2.45) is 0 Å². The third kappa shape index (κ3) is 2.64. The van der Waals surface area contributed by atoms with Gasteiger partial charge in [-0.1, -0.05) is 11.6 Å². The minimum Gasteiger partial charge on any atom is -0.349 e. The molecule has 1 aromatic rings. The molecule has 15 heavy (non-hydrogen) atoms. The zero-order valence-corrected chi connectivity index (χ0v) is 11.2. The van der Waals surface area contributed by atoms with E-state index < -0.39 is 0 Å². The predicted molar refractivity (Wildman–Crippen MR) is 69.4 cm³/mol. The van der Waals surface area contributed by atoms with E-state index >= 15 is 0 Å². The molecule has 2 nitrogen and oxygen atoms in total. The van der Waals surface area contributed by atoms with Gasteiger partial charge >= 0.3 is 0 Å².